The number of aromatic nitrogens is 2. The lowest BCUT2D eigenvalue weighted by atomic mass is 9.93. The molecule has 0 aliphatic rings. The number of benzene rings is 3. The van der Waals surface area contributed by atoms with E-state index in [2.05, 4.69) is 20.6 Å². The van der Waals surface area contributed by atoms with Crippen LogP contribution in [0.4, 0.5) is 5.69 Å². The van der Waals surface area contributed by atoms with Gasteiger partial charge in [-0.05, 0) is 59.0 Å². The van der Waals surface area contributed by atoms with E-state index in [1.165, 1.54) is 11.3 Å². The lowest BCUT2D eigenvalue weighted by Crippen LogP contribution is -2.14. The molecule has 0 atom stereocenters. The van der Waals surface area contributed by atoms with Crippen molar-refractivity contribution in [3.05, 3.63) is 99.6 Å². The third kappa shape index (κ3) is 5.02. The molecule has 2 heterocycles. The molecule has 3 aromatic carbocycles. The highest BCUT2D eigenvalue weighted by Gasteiger charge is 2.19. The molecule has 0 spiro atoms. The number of thiazole rings is 1. The van der Waals surface area contributed by atoms with Crippen molar-refractivity contribution < 1.29 is 14.3 Å². The van der Waals surface area contributed by atoms with Gasteiger partial charge in [0.2, 0.25) is 0 Å². The second-order valence-corrected chi connectivity index (χ2v) is 9.70. The van der Waals surface area contributed by atoms with Crippen molar-refractivity contribution in [2.75, 3.05) is 12.4 Å². The van der Waals surface area contributed by atoms with Gasteiger partial charge in [0.15, 0.2) is 5.01 Å². The molecule has 0 bridgehead atoms. The normalized spacial score (nSPS) is 11.0. The van der Waals surface area contributed by atoms with Gasteiger partial charge in [-0.2, -0.15) is 0 Å². The van der Waals surface area contributed by atoms with Gasteiger partial charge >= 0.3 is 0 Å². The van der Waals surface area contributed by atoms with E-state index in [1.54, 1.807) is 24.8 Å². The first kappa shape index (κ1) is 25.2. The number of primary amides is 1. The summed E-state index contributed by atoms with van der Waals surface area (Å²) in [7, 11) is 1.65. The maximum atomic E-state index is 12.7. The van der Waals surface area contributed by atoms with Crippen LogP contribution in [0, 0.1) is 6.92 Å². The number of anilines is 1. The molecular weight excluding hydrogens is 498 g/mol. The molecule has 38 heavy (non-hydrogen) atoms. The second-order valence-electron chi connectivity index (χ2n) is 8.81. The number of aromatic amines is 1. The van der Waals surface area contributed by atoms with Gasteiger partial charge in [0, 0.05) is 41.9 Å². The summed E-state index contributed by atoms with van der Waals surface area (Å²) in [6.45, 7) is 3.20. The summed E-state index contributed by atoms with van der Waals surface area (Å²) in [6, 6.07) is 17.3. The van der Waals surface area contributed by atoms with E-state index in [0.29, 0.717) is 34.9 Å². The molecule has 9 heteroatoms. The Morgan fingerprint density at radius 2 is 1.87 bits per heavy atom. The van der Waals surface area contributed by atoms with Gasteiger partial charge in [-0.1, -0.05) is 30.3 Å². The molecule has 5 N–H and O–H groups in total. The Morgan fingerprint density at radius 3 is 2.58 bits per heavy atom. The minimum absolute atomic E-state index is 0.250. The van der Waals surface area contributed by atoms with Crippen molar-refractivity contribution in [2.45, 2.75) is 20.0 Å². The van der Waals surface area contributed by atoms with Crippen LogP contribution in [0.25, 0.3) is 22.0 Å². The summed E-state index contributed by atoms with van der Waals surface area (Å²) in [5.74, 6) is 0.0660. The van der Waals surface area contributed by atoms with Crippen molar-refractivity contribution in [1.29, 1.82) is 0 Å². The molecule has 192 valence electrons. The Bertz CT molecular complexity index is 1610. The van der Waals surface area contributed by atoms with E-state index in [-0.39, 0.29) is 5.91 Å². The van der Waals surface area contributed by atoms with Gasteiger partial charge < -0.3 is 26.1 Å². The molecule has 0 fully saturated rings. The maximum absolute atomic E-state index is 12.7. The topological polar surface area (TPSA) is 122 Å². The first-order valence-corrected chi connectivity index (χ1v) is 12.9. The number of fused-ring (bicyclic) bond motifs is 1. The molecule has 5 rings (SSSR count). The standard InChI is InChI=1S/C29H27N5O3S/c1-17-21(4-3-5-24(17)34-28(36)29-32-12-13-38-29)22-10-11-23(27(30)35)26-25(22)19(16-33-26)15-31-14-18-6-8-20(37-2)9-7-18/h3-13,16,31,33H,14-15H2,1-2H3,(H2,30,35)(H,34,36). The number of nitrogens with zero attached hydrogens (tertiary/aromatic N) is 1. The minimum Gasteiger partial charge on any atom is -0.497 e. The SMILES string of the molecule is COc1ccc(CNCc2c[nH]c3c(C(N)=O)ccc(-c4cccc(NC(=O)c5nccs5)c4C)c23)cc1. The summed E-state index contributed by atoms with van der Waals surface area (Å²) in [5.41, 5.74) is 12.4. The van der Waals surface area contributed by atoms with E-state index in [1.807, 2.05) is 61.7 Å². The number of methoxy groups -OCH3 is 1. The van der Waals surface area contributed by atoms with Crippen LogP contribution in [0.15, 0.2) is 72.4 Å². The van der Waals surface area contributed by atoms with Crippen LogP contribution in [-0.2, 0) is 13.1 Å². The van der Waals surface area contributed by atoms with Crippen LogP contribution in [0.5, 0.6) is 5.75 Å². The van der Waals surface area contributed by atoms with Crippen molar-refractivity contribution in [3.63, 3.8) is 0 Å². The molecule has 0 radical (unpaired) electrons. The Morgan fingerprint density at radius 1 is 1.05 bits per heavy atom. The number of nitrogens with one attached hydrogen (secondary N) is 3. The van der Waals surface area contributed by atoms with Crippen LogP contribution in [-0.4, -0.2) is 28.9 Å². The quantitative estimate of drug-likeness (QED) is 0.209. The van der Waals surface area contributed by atoms with Crippen LogP contribution >= 0.6 is 11.3 Å². The zero-order valence-electron chi connectivity index (χ0n) is 21.0. The molecule has 5 aromatic rings. The molecule has 0 saturated heterocycles. The smallest absolute Gasteiger partial charge is 0.284 e. The summed E-state index contributed by atoms with van der Waals surface area (Å²) in [6.07, 6.45) is 3.51. The van der Waals surface area contributed by atoms with Crippen molar-refractivity contribution >= 4 is 39.7 Å². The summed E-state index contributed by atoms with van der Waals surface area (Å²) in [5, 5.41) is 9.55. The fourth-order valence-corrected chi connectivity index (χ4v) is 5.08. The Balaban J connectivity index is 1.49. The fraction of sp³-hybridized carbons (Fsp3) is 0.138. The molecular formula is C29H27N5O3S. The van der Waals surface area contributed by atoms with Crippen LogP contribution in [0.3, 0.4) is 0 Å². The number of carbonyl (C=O) groups excluding carboxylic acids is 2. The van der Waals surface area contributed by atoms with E-state index >= 15 is 0 Å². The number of amides is 2. The Labute approximate surface area is 223 Å². The predicted octanol–water partition coefficient (Wildman–Crippen LogP) is 5.25. The number of carbonyl (C=O) groups is 2. The van der Waals surface area contributed by atoms with Gasteiger partial charge in [-0.25, -0.2) is 4.98 Å². The van der Waals surface area contributed by atoms with Gasteiger partial charge in [0.05, 0.1) is 18.2 Å². The van der Waals surface area contributed by atoms with Crippen molar-refractivity contribution in [3.8, 4) is 16.9 Å². The van der Waals surface area contributed by atoms with E-state index in [0.717, 1.165) is 39.0 Å². The highest BCUT2D eigenvalue weighted by Crippen LogP contribution is 2.37. The summed E-state index contributed by atoms with van der Waals surface area (Å²) < 4.78 is 5.24. The monoisotopic (exact) mass is 525 g/mol. The zero-order valence-corrected chi connectivity index (χ0v) is 21.8. The highest BCUT2D eigenvalue weighted by molar-refractivity contribution is 7.11. The lowest BCUT2D eigenvalue weighted by Gasteiger charge is -2.15. The van der Waals surface area contributed by atoms with Crippen molar-refractivity contribution in [1.82, 2.24) is 15.3 Å². The van der Waals surface area contributed by atoms with Crippen LogP contribution < -0.4 is 21.1 Å². The third-order valence-corrected chi connectivity index (χ3v) is 7.26. The molecule has 2 amide bonds. The predicted molar refractivity (Wildman–Crippen MR) is 151 cm³/mol. The molecule has 0 saturated carbocycles. The lowest BCUT2D eigenvalue weighted by molar-refractivity contribution is 0.0998. The molecule has 0 aliphatic heterocycles. The van der Waals surface area contributed by atoms with Gasteiger partial charge in [0.25, 0.3) is 11.8 Å². The average Bonchev–Trinajstić information content (AvgIpc) is 3.61. The molecule has 0 unspecified atom stereocenters. The number of rotatable bonds is 9. The molecule has 8 nitrogen and oxygen atoms in total. The first-order valence-electron chi connectivity index (χ1n) is 12.0. The van der Waals surface area contributed by atoms with Crippen molar-refractivity contribution in [2.24, 2.45) is 5.73 Å². The minimum atomic E-state index is -0.498. The van der Waals surface area contributed by atoms with Gasteiger partial charge in [0.1, 0.15) is 5.75 Å². The molecule has 2 aromatic heterocycles. The summed E-state index contributed by atoms with van der Waals surface area (Å²) >= 11 is 1.29. The number of H-pyrrole nitrogens is 1. The summed E-state index contributed by atoms with van der Waals surface area (Å²) in [4.78, 5) is 32.2. The average molecular weight is 526 g/mol. The van der Waals surface area contributed by atoms with Gasteiger partial charge in [-0.3, -0.25) is 9.59 Å². The number of nitrogens with two attached hydrogens (primary N) is 1. The van der Waals surface area contributed by atoms with E-state index in [9.17, 15) is 9.59 Å². The van der Waals surface area contributed by atoms with Crippen LogP contribution in [0.1, 0.15) is 36.9 Å². The fourth-order valence-electron chi connectivity index (χ4n) is 4.55. The van der Waals surface area contributed by atoms with E-state index in [4.69, 9.17) is 10.5 Å². The number of hydrogen-bond donors (Lipinski definition) is 4. The van der Waals surface area contributed by atoms with Gasteiger partial charge in [-0.15, -0.1) is 11.3 Å². The first-order chi connectivity index (χ1) is 18.5. The Kier molecular flexibility index (Phi) is 7.21. The largest absolute Gasteiger partial charge is 0.497 e. The zero-order chi connectivity index (χ0) is 26.6. The molecule has 0 aliphatic carbocycles. The van der Waals surface area contributed by atoms with Crippen LogP contribution in [0.2, 0.25) is 0 Å². The highest BCUT2D eigenvalue weighted by atomic mass is 32.1. The number of ether oxygens (including phenoxy) is 1. The maximum Gasteiger partial charge on any atom is 0.284 e. The third-order valence-electron chi connectivity index (χ3n) is 6.49. The second kappa shape index (κ2) is 10.9. The number of hydrogen-bond acceptors (Lipinski definition) is 6. The van der Waals surface area contributed by atoms with E-state index < -0.39 is 5.91 Å². The Hall–Kier alpha value is -4.47.